The molecule has 1 aliphatic rings. The van der Waals surface area contributed by atoms with E-state index in [2.05, 4.69) is 10.9 Å². The monoisotopic (exact) mass is 114 g/mol. The second-order valence-electron chi connectivity index (χ2n) is 2.21. The molecule has 46 valence electrons. The Labute approximate surface area is 48.4 Å². The highest BCUT2D eigenvalue weighted by molar-refractivity contribution is 5.80. The molecule has 2 unspecified atom stereocenters. The second-order valence-corrected chi connectivity index (χ2v) is 2.21. The number of hydrazine groups is 1. The average molecular weight is 114 g/mol. The van der Waals surface area contributed by atoms with E-state index in [0.29, 0.717) is 0 Å². The van der Waals surface area contributed by atoms with E-state index in [1.54, 1.807) is 0 Å². The number of rotatable bonds is 0. The van der Waals surface area contributed by atoms with Crippen LogP contribution in [0.3, 0.4) is 0 Å². The van der Waals surface area contributed by atoms with Gasteiger partial charge >= 0.3 is 0 Å². The van der Waals surface area contributed by atoms with E-state index in [0.717, 1.165) is 0 Å². The Hall–Kier alpha value is -0.570. The van der Waals surface area contributed by atoms with E-state index in [1.165, 1.54) is 0 Å². The summed E-state index contributed by atoms with van der Waals surface area (Å²) in [5, 5.41) is 0. The molecule has 1 fully saturated rings. The molecule has 1 heterocycles. The summed E-state index contributed by atoms with van der Waals surface area (Å²) in [4.78, 5) is 10.6. The molecule has 2 atom stereocenters. The topological polar surface area (TPSA) is 41.1 Å². The van der Waals surface area contributed by atoms with E-state index in [1.807, 2.05) is 13.8 Å². The maximum atomic E-state index is 10.6. The summed E-state index contributed by atoms with van der Waals surface area (Å²) < 4.78 is 0. The molecule has 0 spiro atoms. The van der Waals surface area contributed by atoms with E-state index < -0.39 is 0 Å². The fraction of sp³-hybridized carbons (Fsp3) is 0.800. The predicted octanol–water partition coefficient (Wildman–Crippen LogP) is -0.355. The zero-order valence-corrected chi connectivity index (χ0v) is 5.06. The minimum absolute atomic E-state index is 0.0949. The second kappa shape index (κ2) is 1.74. The lowest BCUT2D eigenvalue weighted by atomic mass is 10.1. The largest absolute Gasteiger partial charge is 0.291 e. The van der Waals surface area contributed by atoms with Gasteiger partial charge in [-0.3, -0.25) is 10.2 Å². The first-order valence-corrected chi connectivity index (χ1v) is 2.77. The van der Waals surface area contributed by atoms with Crippen molar-refractivity contribution >= 4 is 5.91 Å². The fourth-order valence-electron chi connectivity index (χ4n) is 0.651. The summed E-state index contributed by atoms with van der Waals surface area (Å²) in [5.74, 6) is 0.215. The van der Waals surface area contributed by atoms with Crippen LogP contribution in [0.15, 0.2) is 0 Å². The Kier molecular flexibility index (Phi) is 1.21. The van der Waals surface area contributed by atoms with Gasteiger partial charge in [-0.25, -0.2) is 5.43 Å². The van der Waals surface area contributed by atoms with Crippen molar-refractivity contribution in [2.45, 2.75) is 19.9 Å². The zero-order chi connectivity index (χ0) is 6.15. The van der Waals surface area contributed by atoms with Gasteiger partial charge in [-0.05, 0) is 6.92 Å². The smallest absolute Gasteiger partial charge is 0.238 e. The Bertz CT molecular complexity index is 113. The molecule has 1 aliphatic heterocycles. The van der Waals surface area contributed by atoms with Crippen molar-refractivity contribution in [3.8, 4) is 0 Å². The van der Waals surface area contributed by atoms with Gasteiger partial charge in [0, 0.05) is 6.04 Å². The fourth-order valence-corrected chi connectivity index (χ4v) is 0.651. The minimum atomic E-state index is 0.0949. The number of carbonyl (C=O) groups is 1. The Balaban J connectivity index is 2.56. The molecule has 0 aliphatic carbocycles. The van der Waals surface area contributed by atoms with Crippen LogP contribution in [-0.4, -0.2) is 11.9 Å². The zero-order valence-electron chi connectivity index (χ0n) is 5.06. The summed E-state index contributed by atoms with van der Waals surface area (Å²) in [6.07, 6.45) is 0. The van der Waals surface area contributed by atoms with Crippen LogP contribution in [-0.2, 0) is 4.79 Å². The first-order chi connectivity index (χ1) is 3.72. The van der Waals surface area contributed by atoms with Crippen molar-refractivity contribution in [3.05, 3.63) is 0 Å². The van der Waals surface area contributed by atoms with Crippen LogP contribution >= 0.6 is 0 Å². The van der Waals surface area contributed by atoms with Gasteiger partial charge in [-0.2, -0.15) is 0 Å². The summed E-state index contributed by atoms with van der Waals surface area (Å²) in [6.45, 7) is 3.88. The first-order valence-electron chi connectivity index (χ1n) is 2.77. The third-order valence-electron chi connectivity index (χ3n) is 1.59. The lowest BCUT2D eigenvalue weighted by Crippen LogP contribution is -2.29. The normalized spacial score (nSPS) is 37.5. The highest BCUT2D eigenvalue weighted by atomic mass is 16.2. The molecular weight excluding hydrogens is 104 g/mol. The summed E-state index contributed by atoms with van der Waals surface area (Å²) in [5.41, 5.74) is 5.35. The average Bonchev–Trinajstić information content (AvgIpc) is 1.98. The van der Waals surface area contributed by atoms with Crippen LogP contribution in [0.1, 0.15) is 13.8 Å². The molecule has 0 aromatic heterocycles. The van der Waals surface area contributed by atoms with Gasteiger partial charge in [0.05, 0.1) is 5.92 Å². The molecule has 0 bridgehead atoms. The molecule has 8 heavy (non-hydrogen) atoms. The molecule has 1 amide bonds. The molecule has 1 rings (SSSR count). The molecule has 3 heteroatoms. The van der Waals surface area contributed by atoms with Crippen molar-refractivity contribution in [1.29, 1.82) is 0 Å². The summed E-state index contributed by atoms with van der Waals surface area (Å²) in [6, 6.07) is 0.280. The first kappa shape index (κ1) is 5.56. The summed E-state index contributed by atoms with van der Waals surface area (Å²) >= 11 is 0. The molecular formula is C5H10N2O. The van der Waals surface area contributed by atoms with Crippen LogP contribution in [0, 0.1) is 5.92 Å². The minimum Gasteiger partial charge on any atom is -0.291 e. The number of hydrogen-bond acceptors (Lipinski definition) is 2. The molecule has 0 aromatic carbocycles. The third kappa shape index (κ3) is 0.690. The van der Waals surface area contributed by atoms with Gasteiger partial charge in [0.1, 0.15) is 0 Å². The number of nitrogens with one attached hydrogen (secondary N) is 2. The van der Waals surface area contributed by atoms with Gasteiger partial charge in [0.15, 0.2) is 0 Å². The molecule has 3 nitrogen and oxygen atoms in total. The quantitative estimate of drug-likeness (QED) is 0.451. The molecule has 1 saturated heterocycles. The van der Waals surface area contributed by atoms with Crippen molar-refractivity contribution < 1.29 is 4.79 Å². The van der Waals surface area contributed by atoms with E-state index >= 15 is 0 Å². The van der Waals surface area contributed by atoms with Crippen LogP contribution in [0.4, 0.5) is 0 Å². The van der Waals surface area contributed by atoms with Gasteiger partial charge in [-0.1, -0.05) is 6.92 Å². The Morgan fingerprint density at radius 1 is 1.50 bits per heavy atom. The number of carbonyl (C=O) groups excluding carboxylic acids is 1. The maximum Gasteiger partial charge on any atom is 0.238 e. The maximum absolute atomic E-state index is 10.6. The van der Waals surface area contributed by atoms with E-state index in [4.69, 9.17) is 0 Å². The number of amides is 1. The van der Waals surface area contributed by atoms with Crippen LogP contribution in [0.2, 0.25) is 0 Å². The Morgan fingerprint density at radius 2 is 2.12 bits per heavy atom. The lowest BCUT2D eigenvalue weighted by Gasteiger charge is -2.01. The SMILES string of the molecule is CC1NNC(=O)C1C. The molecule has 2 N–H and O–H groups in total. The van der Waals surface area contributed by atoms with E-state index in [-0.39, 0.29) is 17.9 Å². The Morgan fingerprint density at radius 3 is 2.25 bits per heavy atom. The van der Waals surface area contributed by atoms with Crippen molar-refractivity contribution in [1.82, 2.24) is 10.9 Å². The van der Waals surface area contributed by atoms with Crippen LogP contribution in [0.5, 0.6) is 0 Å². The molecule has 0 saturated carbocycles. The van der Waals surface area contributed by atoms with Crippen molar-refractivity contribution in [2.24, 2.45) is 5.92 Å². The summed E-state index contributed by atoms with van der Waals surface area (Å²) in [7, 11) is 0. The lowest BCUT2D eigenvalue weighted by molar-refractivity contribution is -0.122. The molecule has 0 aromatic rings. The van der Waals surface area contributed by atoms with Crippen LogP contribution < -0.4 is 10.9 Å². The van der Waals surface area contributed by atoms with Gasteiger partial charge in [0.2, 0.25) is 5.91 Å². The van der Waals surface area contributed by atoms with Crippen molar-refractivity contribution in [3.63, 3.8) is 0 Å². The highest BCUT2D eigenvalue weighted by Crippen LogP contribution is 2.05. The highest BCUT2D eigenvalue weighted by Gasteiger charge is 2.25. The van der Waals surface area contributed by atoms with Gasteiger partial charge < -0.3 is 0 Å². The van der Waals surface area contributed by atoms with Crippen LogP contribution in [0.25, 0.3) is 0 Å². The number of hydrogen-bond donors (Lipinski definition) is 2. The predicted molar refractivity (Wildman–Crippen MR) is 29.9 cm³/mol. The van der Waals surface area contributed by atoms with Gasteiger partial charge in [0.25, 0.3) is 0 Å². The standard InChI is InChI=1S/C5H10N2O/c1-3-4(2)6-7-5(3)8/h3-4,6H,1-2H3,(H,7,8). The van der Waals surface area contributed by atoms with Crippen molar-refractivity contribution in [2.75, 3.05) is 0 Å². The molecule has 0 radical (unpaired) electrons. The van der Waals surface area contributed by atoms with E-state index in [9.17, 15) is 4.79 Å². The third-order valence-corrected chi connectivity index (χ3v) is 1.59. The van der Waals surface area contributed by atoms with Gasteiger partial charge in [-0.15, -0.1) is 0 Å².